The van der Waals surface area contributed by atoms with Gasteiger partial charge in [0.2, 0.25) is 0 Å². The Morgan fingerprint density at radius 2 is 1.18 bits per heavy atom. The molecule has 0 aromatic carbocycles. The molecule has 0 spiro atoms. The summed E-state index contributed by atoms with van der Waals surface area (Å²) in [5.41, 5.74) is 1.29. The number of carboxylic acid groups (broad SMARTS) is 1. The van der Waals surface area contributed by atoms with Gasteiger partial charge in [-0.3, -0.25) is 0 Å². The normalized spacial score (nSPS) is 12.6. The minimum Gasteiger partial charge on any atom is -0.478 e. The van der Waals surface area contributed by atoms with Crippen molar-refractivity contribution < 1.29 is 34.1 Å². The van der Waals surface area contributed by atoms with Crippen molar-refractivity contribution in [1.82, 2.24) is 0 Å². The van der Waals surface area contributed by atoms with Gasteiger partial charge in [-0.1, -0.05) is 18.2 Å². The van der Waals surface area contributed by atoms with Crippen molar-refractivity contribution in [3.63, 3.8) is 0 Å². The molecule has 2 N–H and O–H groups in total. The molecule has 0 radical (unpaired) electrons. The van der Waals surface area contributed by atoms with Crippen LogP contribution in [0.1, 0.15) is 59.3 Å². The number of esters is 2. The van der Waals surface area contributed by atoms with E-state index in [1.165, 1.54) is 0 Å². The first-order valence-corrected chi connectivity index (χ1v) is 9.48. The zero-order chi connectivity index (χ0) is 21.4. The number of rotatable bonds is 14. The molecule has 0 rings (SSSR count). The van der Waals surface area contributed by atoms with E-state index in [2.05, 4.69) is 0 Å². The van der Waals surface area contributed by atoms with Gasteiger partial charge in [-0.25, -0.2) is 14.4 Å². The molecule has 0 amide bonds. The molecular formula is C21H32O7. The van der Waals surface area contributed by atoms with Gasteiger partial charge in [0, 0.05) is 23.3 Å². The average Bonchev–Trinajstić information content (AvgIpc) is 2.67. The zero-order valence-corrected chi connectivity index (χ0v) is 17.0. The van der Waals surface area contributed by atoms with Crippen LogP contribution in [-0.4, -0.2) is 47.9 Å². The van der Waals surface area contributed by atoms with Crippen LogP contribution < -0.4 is 0 Å². The molecule has 0 atom stereocenters. The molecule has 0 fully saturated rings. The predicted octanol–water partition coefficient (Wildman–Crippen LogP) is 3.33. The molecule has 0 saturated carbocycles. The Morgan fingerprint density at radius 3 is 1.71 bits per heavy atom. The maximum atomic E-state index is 11.8. The number of aliphatic hydroxyl groups is 1. The zero-order valence-electron chi connectivity index (χ0n) is 17.0. The number of allylic oxidation sites excluding steroid dienone is 2. The van der Waals surface area contributed by atoms with E-state index in [9.17, 15) is 14.4 Å². The predicted molar refractivity (Wildman–Crippen MR) is 106 cm³/mol. The summed E-state index contributed by atoms with van der Waals surface area (Å²) in [6, 6.07) is 0. The molecule has 0 aromatic rings. The number of aliphatic carboxylic acids is 1. The van der Waals surface area contributed by atoms with Gasteiger partial charge in [-0.05, 0) is 59.3 Å². The Balaban J connectivity index is 3.92. The lowest BCUT2D eigenvalue weighted by Crippen LogP contribution is -2.08. The third-order valence-corrected chi connectivity index (χ3v) is 3.88. The minimum absolute atomic E-state index is 0.00771. The average molecular weight is 396 g/mol. The van der Waals surface area contributed by atoms with Gasteiger partial charge in [0.1, 0.15) is 0 Å². The summed E-state index contributed by atoms with van der Waals surface area (Å²) in [5, 5.41) is 17.4. The molecule has 0 unspecified atom stereocenters. The highest BCUT2D eigenvalue weighted by Gasteiger charge is 2.06. The van der Waals surface area contributed by atoms with Crippen LogP contribution in [0.3, 0.4) is 0 Å². The SMILES string of the molecule is CC(=CCCCCOC(=O)C(C)=CCCCOC(=O)C(C)=CCCO)C(=O)O. The molecule has 28 heavy (non-hydrogen) atoms. The molecule has 0 bridgehead atoms. The molecule has 0 aromatic heterocycles. The summed E-state index contributed by atoms with van der Waals surface area (Å²) in [5.74, 6) is -1.70. The number of ether oxygens (including phenoxy) is 2. The number of hydrogen-bond donors (Lipinski definition) is 2. The lowest BCUT2D eigenvalue weighted by molar-refractivity contribution is -0.140. The molecule has 0 saturated heterocycles. The Kier molecular flexibility index (Phi) is 14.3. The van der Waals surface area contributed by atoms with Crippen LogP contribution in [0.4, 0.5) is 0 Å². The number of carboxylic acids is 1. The summed E-state index contributed by atoms with van der Waals surface area (Å²) in [4.78, 5) is 34.1. The first-order valence-electron chi connectivity index (χ1n) is 9.48. The lowest BCUT2D eigenvalue weighted by Gasteiger charge is -2.06. The molecular weight excluding hydrogens is 364 g/mol. The number of unbranched alkanes of at least 4 members (excludes halogenated alkanes) is 3. The monoisotopic (exact) mass is 396 g/mol. The maximum absolute atomic E-state index is 11.8. The van der Waals surface area contributed by atoms with E-state index in [0.717, 1.165) is 6.42 Å². The van der Waals surface area contributed by atoms with E-state index in [-0.39, 0.29) is 19.2 Å². The maximum Gasteiger partial charge on any atom is 0.333 e. The molecule has 7 nitrogen and oxygen atoms in total. The van der Waals surface area contributed by atoms with Gasteiger partial charge in [0.05, 0.1) is 13.2 Å². The van der Waals surface area contributed by atoms with Crippen molar-refractivity contribution in [3.05, 3.63) is 34.9 Å². The summed E-state index contributed by atoms with van der Waals surface area (Å²) in [7, 11) is 0. The van der Waals surface area contributed by atoms with Crippen LogP contribution in [0.2, 0.25) is 0 Å². The van der Waals surface area contributed by atoms with E-state index in [4.69, 9.17) is 19.7 Å². The fourth-order valence-electron chi connectivity index (χ4n) is 2.06. The third kappa shape index (κ3) is 12.9. The van der Waals surface area contributed by atoms with Crippen LogP contribution in [-0.2, 0) is 23.9 Å². The Hall–Kier alpha value is -2.41. The van der Waals surface area contributed by atoms with E-state index in [1.807, 2.05) is 0 Å². The molecule has 158 valence electrons. The first kappa shape index (κ1) is 25.6. The molecule has 0 heterocycles. The van der Waals surface area contributed by atoms with Gasteiger partial charge in [0.25, 0.3) is 0 Å². The van der Waals surface area contributed by atoms with Gasteiger partial charge in [0.15, 0.2) is 0 Å². The van der Waals surface area contributed by atoms with Crippen molar-refractivity contribution in [2.24, 2.45) is 0 Å². The quantitative estimate of drug-likeness (QED) is 0.263. The second kappa shape index (κ2) is 15.6. The number of aliphatic hydroxyl groups excluding tert-OH is 1. The Bertz CT molecular complexity index is 600. The second-order valence-corrected chi connectivity index (χ2v) is 6.39. The van der Waals surface area contributed by atoms with Gasteiger partial charge in [-0.2, -0.15) is 0 Å². The van der Waals surface area contributed by atoms with Gasteiger partial charge < -0.3 is 19.7 Å². The van der Waals surface area contributed by atoms with Crippen LogP contribution in [0.15, 0.2) is 34.9 Å². The topological polar surface area (TPSA) is 110 Å². The molecule has 0 aliphatic carbocycles. The second-order valence-electron chi connectivity index (χ2n) is 6.39. The highest BCUT2D eigenvalue weighted by atomic mass is 16.5. The van der Waals surface area contributed by atoms with Gasteiger partial charge in [-0.15, -0.1) is 0 Å². The van der Waals surface area contributed by atoms with Crippen molar-refractivity contribution in [1.29, 1.82) is 0 Å². The van der Waals surface area contributed by atoms with E-state index in [1.54, 1.807) is 39.0 Å². The van der Waals surface area contributed by atoms with Crippen LogP contribution in [0.25, 0.3) is 0 Å². The standard InChI is InChI=1S/C21H32O7/c1-16(19(23)24)10-5-4-7-14-27-20(25)17(2)11-6-8-15-28-21(26)18(3)12-9-13-22/h10-12,22H,4-9,13-15H2,1-3H3,(H,23,24). The fourth-order valence-corrected chi connectivity index (χ4v) is 2.06. The first-order chi connectivity index (χ1) is 13.3. The number of carbonyl (C=O) groups is 3. The summed E-state index contributed by atoms with van der Waals surface area (Å²) in [6.07, 6.45) is 8.70. The van der Waals surface area contributed by atoms with Crippen molar-refractivity contribution >= 4 is 17.9 Å². The van der Waals surface area contributed by atoms with Crippen LogP contribution in [0, 0.1) is 0 Å². The van der Waals surface area contributed by atoms with Crippen molar-refractivity contribution in [3.8, 4) is 0 Å². The van der Waals surface area contributed by atoms with Crippen LogP contribution >= 0.6 is 0 Å². The largest absolute Gasteiger partial charge is 0.478 e. The van der Waals surface area contributed by atoms with Crippen molar-refractivity contribution in [2.75, 3.05) is 19.8 Å². The third-order valence-electron chi connectivity index (χ3n) is 3.88. The van der Waals surface area contributed by atoms with Gasteiger partial charge >= 0.3 is 17.9 Å². The number of hydrogen-bond acceptors (Lipinski definition) is 6. The highest BCUT2D eigenvalue weighted by molar-refractivity contribution is 5.88. The number of carbonyl (C=O) groups excluding carboxylic acids is 2. The Morgan fingerprint density at radius 1 is 0.714 bits per heavy atom. The van der Waals surface area contributed by atoms with Crippen LogP contribution in [0.5, 0.6) is 0 Å². The summed E-state index contributed by atoms with van der Waals surface area (Å²) < 4.78 is 10.3. The van der Waals surface area contributed by atoms with E-state index < -0.39 is 11.9 Å². The highest BCUT2D eigenvalue weighted by Crippen LogP contribution is 2.06. The van der Waals surface area contributed by atoms with E-state index in [0.29, 0.717) is 55.4 Å². The summed E-state index contributed by atoms with van der Waals surface area (Å²) >= 11 is 0. The molecule has 7 heteroatoms. The Labute approximate surface area is 166 Å². The summed E-state index contributed by atoms with van der Waals surface area (Å²) in [6.45, 7) is 5.40. The molecule has 0 aliphatic rings. The fraction of sp³-hybridized carbons (Fsp3) is 0.571. The smallest absolute Gasteiger partial charge is 0.333 e. The lowest BCUT2D eigenvalue weighted by atomic mass is 10.2. The van der Waals surface area contributed by atoms with E-state index >= 15 is 0 Å². The van der Waals surface area contributed by atoms with Crippen molar-refractivity contribution in [2.45, 2.75) is 59.3 Å². The molecule has 0 aliphatic heterocycles. The minimum atomic E-state index is -0.921.